The Hall–Kier alpha value is -2.86. The van der Waals surface area contributed by atoms with Crippen LogP contribution < -0.4 is 14.8 Å². The van der Waals surface area contributed by atoms with Gasteiger partial charge in [0.15, 0.2) is 17.3 Å². The number of hydrogen-bond acceptors (Lipinski definition) is 5. The van der Waals surface area contributed by atoms with Gasteiger partial charge in [-0.3, -0.25) is 9.59 Å². The molecule has 1 aliphatic heterocycles. The van der Waals surface area contributed by atoms with Crippen LogP contribution in [0.4, 0.5) is 0 Å². The van der Waals surface area contributed by atoms with Gasteiger partial charge < -0.3 is 19.7 Å². The van der Waals surface area contributed by atoms with Gasteiger partial charge in [-0.05, 0) is 38.7 Å². The second-order valence-corrected chi connectivity index (χ2v) is 7.19. The predicted octanol–water partition coefficient (Wildman–Crippen LogP) is 3.11. The van der Waals surface area contributed by atoms with Crippen LogP contribution in [0.5, 0.6) is 11.5 Å². The molecule has 1 amide bonds. The number of ketones is 1. The highest BCUT2D eigenvalue weighted by atomic mass is 16.7. The molecule has 0 aromatic heterocycles. The lowest BCUT2D eigenvalue weighted by molar-refractivity contribution is -0.121. The minimum Gasteiger partial charge on any atom is -0.454 e. The van der Waals surface area contributed by atoms with E-state index in [4.69, 9.17) is 9.47 Å². The second kappa shape index (κ2) is 8.89. The number of likely N-dealkylation sites (N-methyl/N-ethyl adjacent to an activating group) is 1. The third-order valence-electron chi connectivity index (χ3n) is 4.85. The fourth-order valence-corrected chi connectivity index (χ4v) is 3.13. The summed E-state index contributed by atoms with van der Waals surface area (Å²) in [5.74, 6) is 1.31. The standard InChI is InChI=1S/C22H26N2O4/c1-15-4-6-16(7-5-15)19(25)9-11-22(26)23-13-18(24(2)3)17-8-10-20-21(12-17)28-14-27-20/h4-8,10,12,18H,9,11,13-14H2,1-3H3,(H,23,26). The highest BCUT2D eigenvalue weighted by Gasteiger charge is 2.20. The van der Waals surface area contributed by atoms with Gasteiger partial charge in [0.25, 0.3) is 0 Å². The number of carbonyl (C=O) groups is 2. The molecule has 148 valence electrons. The van der Waals surface area contributed by atoms with E-state index in [1.165, 1.54) is 0 Å². The summed E-state index contributed by atoms with van der Waals surface area (Å²) in [6.07, 6.45) is 0.375. The third kappa shape index (κ3) is 4.89. The molecule has 0 bridgehead atoms. The van der Waals surface area contributed by atoms with Crippen molar-refractivity contribution in [2.45, 2.75) is 25.8 Å². The highest BCUT2D eigenvalue weighted by Crippen LogP contribution is 2.34. The van der Waals surface area contributed by atoms with E-state index in [1.54, 1.807) is 12.1 Å². The number of aryl methyl sites for hydroxylation is 1. The average Bonchev–Trinajstić information content (AvgIpc) is 3.14. The smallest absolute Gasteiger partial charge is 0.231 e. The molecule has 0 saturated carbocycles. The Morgan fingerprint density at radius 1 is 1.04 bits per heavy atom. The summed E-state index contributed by atoms with van der Waals surface area (Å²) >= 11 is 0. The number of amides is 1. The summed E-state index contributed by atoms with van der Waals surface area (Å²) in [5.41, 5.74) is 2.78. The maximum atomic E-state index is 12.3. The van der Waals surface area contributed by atoms with Crippen molar-refractivity contribution in [3.63, 3.8) is 0 Å². The first-order valence-corrected chi connectivity index (χ1v) is 9.36. The van der Waals surface area contributed by atoms with Gasteiger partial charge in [0.1, 0.15) is 0 Å². The first-order chi connectivity index (χ1) is 13.4. The van der Waals surface area contributed by atoms with Crippen LogP contribution in [-0.4, -0.2) is 44.0 Å². The quantitative estimate of drug-likeness (QED) is 0.711. The van der Waals surface area contributed by atoms with Crippen LogP contribution in [0.25, 0.3) is 0 Å². The van der Waals surface area contributed by atoms with Gasteiger partial charge in [-0.1, -0.05) is 35.9 Å². The van der Waals surface area contributed by atoms with Crippen LogP contribution in [0.3, 0.4) is 0 Å². The molecule has 6 nitrogen and oxygen atoms in total. The lowest BCUT2D eigenvalue weighted by Crippen LogP contribution is -2.34. The van der Waals surface area contributed by atoms with Gasteiger partial charge in [0.05, 0.1) is 6.04 Å². The number of benzene rings is 2. The maximum absolute atomic E-state index is 12.3. The molecule has 1 aliphatic rings. The van der Waals surface area contributed by atoms with Crippen molar-refractivity contribution in [1.82, 2.24) is 10.2 Å². The first-order valence-electron chi connectivity index (χ1n) is 9.36. The number of hydrogen-bond donors (Lipinski definition) is 1. The Balaban J connectivity index is 1.53. The maximum Gasteiger partial charge on any atom is 0.231 e. The molecule has 0 aliphatic carbocycles. The zero-order chi connectivity index (χ0) is 20.1. The topological polar surface area (TPSA) is 67.9 Å². The monoisotopic (exact) mass is 382 g/mol. The van der Waals surface area contributed by atoms with Gasteiger partial charge in [-0.2, -0.15) is 0 Å². The molecular weight excluding hydrogens is 356 g/mol. The van der Waals surface area contributed by atoms with Crippen molar-refractivity contribution >= 4 is 11.7 Å². The van der Waals surface area contributed by atoms with Crippen molar-refractivity contribution < 1.29 is 19.1 Å². The van der Waals surface area contributed by atoms with E-state index in [0.29, 0.717) is 12.1 Å². The third-order valence-corrected chi connectivity index (χ3v) is 4.85. The molecule has 1 heterocycles. The average molecular weight is 382 g/mol. The molecule has 1 unspecified atom stereocenters. The molecule has 2 aromatic carbocycles. The van der Waals surface area contributed by atoms with E-state index in [-0.39, 0.29) is 37.4 Å². The van der Waals surface area contributed by atoms with Gasteiger partial charge in [-0.15, -0.1) is 0 Å². The Morgan fingerprint density at radius 2 is 1.75 bits per heavy atom. The molecule has 2 aromatic rings. The number of nitrogens with one attached hydrogen (secondary N) is 1. The molecule has 0 radical (unpaired) electrons. The van der Waals surface area contributed by atoms with Crippen LogP contribution in [-0.2, 0) is 4.79 Å². The summed E-state index contributed by atoms with van der Waals surface area (Å²) in [4.78, 5) is 26.5. The van der Waals surface area contributed by atoms with Gasteiger partial charge >= 0.3 is 0 Å². The second-order valence-electron chi connectivity index (χ2n) is 7.19. The molecular formula is C22H26N2O4. The van der Waals surface area contributed by atoms with Crippen molar-refractivity contribution in [3.8, 4) is 11.5 Å². The van der Waals surface area contributed by atoms with E-state index in [9.17, 15) is 9.59 Å². The molecule has 6 heteroatoms. The first kappa shape index (κ1) is 19.9. The predicted molar refractivity (Wildman–Crippen MR) is 107 cm³/mol. The fraction of sp³-hybridized carbons (Fsp3) is 0.364. The molecule has 1 N–H and O–H groups in total. The molecule has 0 fully saturated rings. The number of ether oxygens (including phenoxy) is 2. The van der Waals surface area contributed by atoms with E-state index in [1.807, 2.05) is 56.3 Å². The summed E-state index contributed by atoms with van der Waals surface area (Å²) in [6.45, 7) is 2.66. The normalized spacial score (nSPS) is 13.4. The van der Waals surface area contributed by atoms with Crippen molar-refractivity contribution in [2.75, 3.05) is 27.4 Å². The summed E-state index contributed by atoms with van der Waals surface area (Å²) in [7, 11) is 3.92. The van der Waals surface area contributed by atoms with Crippen LogP contribution in [0.15, 0.2) is 42.5 Å². The van der Waals surface area contributed by atoms with E-state index < -0.39 is 0 Å². The summed E-state index contributed by atoms with van der Waals surface area (Å²) < 4.78 is 10.8. The van der Waals surface area contributed by atoms with Gasteiger partial charge in [0, 0.05) is 24.9 Å². The Morgan fingerprint density at radius 3 is 2.46 bits per heavy atom. The van der Waals surface area contributed by atoms with Gasteiger partial charge in [-0.25, -0.2) is 0 Å². The van der Waals surface area contributed by atoms with E-state index in [0.717, 1.165) is 22.6 Å². The van der Waals surface area contributed by atoms with Crippen LogP contribution in [0.2, 0.25) is 0 Å². The minimum atomic E-state index is -0.131. The SMILES string of the molecule is Cc1ccc(C(=O)CCC(=O)NCC(c2ccc3c(c2)OCO3)N(C)C)cc1. The van der Waals surface area contributed by atoms with E-state index >= 15 is 0 Å². The zero-order valence-electron chi connectivity index (χ0n) is 16.5. The molecule has 0 saturated heterocycles. The lowest BCUT2D eigenvalue weighted by atomic mass is 10.0. The number of Topliss-reactive ketones (excluding diaryl/α,β-unsaturated/α-hetero) is 1. The van der Waals surface area contributed by atoms with Crippen molar-refractivity contribution in [3.05, 3.63) is 59.2 Å². The summed E-state index contributed by atoms with van der Waals surface area (Å²) in [5, 5.41) is 2.94. The lowest BCUT2D eigenvalue weighted by Gasteiger charge is -2.25. The van der Waals surface area contributed by atoms with Crippen LogP contribution >= 0.6 is 0 Å². The number of nitrogens with zero attached hydrogens (tertiary/aromatic N) is 1. The fourth-order valence-electron chi connectivity index (χ4n) is 3.13. The minimum absolute atomic E-state index is 0.00810. The number of rotatable bonds is 8. The Labute approximate surface area is 165 Å². The Bertz CT molecular complexity index is 846. The number of carbonyl (C=O) groups excluding carboxylic acids is 2. The van der Waals surface area contributed by atoms with E-state index in [2.05, 4.69) is 5.32 Å². The van der Waals surface area contributed by atoms with Gasteiger partial charge in [0.2, 0.25) is 12.7 Å². The Kier molecular flexibility index (Phi) is 6.31. The molecule has 1 atom stereocenters. The largest absolute Gasteiger partial charge is 0.454 e. The molecule has 3 rings (SSSR count). The highest BCUT2D eigenvalue weighted by molar-refractivity contribution is 5.97. The molecule has 0 spiro atoms. The van der Waals surface area contributed by atoms with Crippen LogP contribution in [0, 0.1) is 6.92 Å². The zero-order valence-corrected chi connectivity index (χ0v) is 16.5. The van der Waals surface area contributed by atoms with Crippen molar-refractivity contribution in [2.24, 2.45) is 0 Å². The van der Waals surface area contributed by atoms with Crippen LogP contribution in [0.1, 0.15) is 40.4 Å². The van der Waals surface area contributed by atoms with Crippen molar-refractivity contribution in [1.29, 1.82) is 0 Å². The number of fused-ring (bicyclic) bond motifs is 1. The summed E-state index contributed by atoms with van der Waals surface area (Å²) in [6, 6.07) is 13.2. The molecule has 28 heavy (non-hydrogen) atoms.